The van der Waals surface area contributed by atoms with Crippen molar-refractivity contribution in [2.24, 2.45) is 0 Å². The molecule has 0 radical (unpaired) electrons. The van der Waals surface area contributed by atoms with Crippen LogP contribution in [0.15, 0.2) is 24.8 Å². The Balaban J connectivity index is 0.000000674. The van der Waals surface area contributed by atoms with Crippen LogP contribution in [-0.2, 0) is 55.3 Å². The number of ether oxygens (including phenoxy) is 2. The number of hydrogen-bond donors (Lipinski definition) is 15. The number of phosphoric ester groups is 1. The van der Waals surface area contributed by atoms with Crippen molar-refractivity contribution in [3.05, 3.63) is 59.2 Å². The van der Waals surface area contributed by atoms with E-state index < -0.39 is 119 Å². The average molecular weight is 1790 g/mol. The number of nitriles is 1. The van der Waals surface area contributed by atoms with Crippen molar-refractivity contribution in [2.45, 2.75) is 192 Å². The summed E-state index contributed by atoms with van der Waals surface area (Å²) in [5.74, 6) is -2.07. The number of aliphatic hydroxyl groups is 5. The molecular formula is C48H99F2N12O24P17. The first-order valence-electron chi connectivity index (χ1n) is 31.7. The molecule has 0 aromatic carbocycles. The molecule has 0 saturated carbocycles. The predicted octanol–water partition coefficient (Wildman–Crippen LogP) is 12.9. The fourth-order valence-corrected chi connectivity index (χ4v) is 93.9. The summed E-state index contributed by atoms with van der Waals surface area (Å²) in [5, 5.41) is 93.2. The molecule has 2 aliphatic rings. The zero-order valence-electron chi connectivity index (χ0n) is 58.1. The van der Waals surface area contributed by atoms with E-state index in [0.717, 1.165) is 54.6 Å². The van der Waals surface area contributed by atoms with Crippen molar-refractivity contribution in [1.82, 2.24) is 39.4 Å². The van der Waals surface area contributed by atoms with Crippen molar-refractivity contribution >= 4 is 158 Å². The van der Waals surface area contributed by atoms with E-state index in [1.807, 2.05) is 13.8 Å². The zero-order valence-corrected chi connectivity index (χ0v) is 73.9. The Labute approximate surface area is 620 Å². The molecule has 2 aliphatic heterocycles. The van der Waals surface area contributed by atoms with Crippen LogP contribution in [0, 0.1) is 29.5 Å². The maximum Gasteiger partial charge on any atom is 0.490 e. The van der Waals surface area contributed by atoms with E-state index in [1.165, 1.54) is 83.1 Å². The fraction of sp³-hybridized carbons (Fsp3) is 0.708. The average Bonchev–Trinajstić information content (AvgIpc) is 1.45. The Morgan fingerprint density at radius 2 is 1.18 bits per heavy atom. The molecule has 6 heterocycles. The molecule has 36 nitrogen and oxygen atoms in total. The Morgan fingerprint density at radius 3 is 1.51 bits per heavy atom. The van der Waals surface area contributed by atoms with Crippen LogP contribution in [-0.4, -0.2) is 148 Å². The van der Waals surface area contributed by atoms with Crippen LogP contribution in [0.3, 0.4) is 0 Å². The zero-order chi connectivity index (χ0) is 79.6. The molecule has 2 saturated heterocycles. The summed E-state index contributed by atoms with van der Waals surface area (Å²) < 4.78 is 115. The number of fused-ring (bicyclic) bond motifs is 2. The van der Waals surface area contributed by atoms with Crippen LogP contribution in [0.5, 0.6) is 0 Å². The van der Waals surface area contributed by atoms with E-state index >= 15 is 0 Å². The van der Waals surface area contributed by atoms with Crippen LogP contribution < -0.4 is 26.5 Å². The van der Waals surface area contributed by atoms with Gasteiger partial charge in [-0.15, -0.1) is 53.6 Å². The molecule has 20 atom stereocenters. The molecule has 0 bridgehead atoms. The van der Waals surface area contributed by atoms with Gasteiger partial charge in [0.05, 0.1) is 12.7 Å². The van der Waals surface area contributed by atoms with Crippen LogP contribution in [0.1, 0.15) is 168 Å². The molecule has 2 fully saturated rings. The number of halogens is 2. The van der Waals surface area contributed by atoms with Gasteiger partial charge in [-0.05, 0) is 27.9 Å². The Hall–Kier alpha value is 1.18. The van der Waals surface area contributed by atoms with Gasteiger partial charge in [-0.2, -0.15) is 24.1 Å². The second-order valence-electron chi connectivity index (χ2n) is 21.9. The molecule has 0 spiro atoms. The summed E-state index contributed by atoms with van der Waals surface area (Å²) in [6.45, 7) is 17.8. The fourth-order valence-electron chi connectivity index (χ4n) is 8.90. The van der Waals surface area contributed by atoms with E-state index in [0.29, 0.717) is 12.8 Å². The summed E-state index contributed by atoms with van der Waals surface area (Å²) in [6.07, 6.45) is 11.6. The maximum absolute atomic E-state index is 14.3. The van der Waals surface area contributed by atoms with Crippen molar-refractivity contribution < 1.29 is 125 Å². The van der Waals surface area contributed by atoms with Gasteiger partial charge >= 0.3 is 141 Å². The van der Waals surface area contributed by atoms with Gasteiger partial charge in [-0.25, -0.2) is 48.0 Å². The molecule has 12 unspecified atom stereocenters. The predicted molar refractivity (Wildman–Crippen MR) is 421 cm³/mol. The van der Waals surface area contributed by atoms with Gasteiger partial charge in [-0.3, -0.25) is 14.1 Å². The first kappa shape index (κ1) is 100. The molecule has 0 amide bonds. The number of hydrogen-bond acceptors (Lipinski definition) is 29. The number of aromatic nitrogens is 6. The van der Waals surface area contributed by atoms with Gasteiger partial charge in [0.25, 0.3) is 0 Å². The first-order chi connectivity index (χ1) is 48.7. The largest absolute Gasteiger partial charge is 0.490 e. The molecule has 55 heteroatoms. The van der Waals surface area contributed by atoms with Gasteiger partial charge in [0.15, 0.2) is 36.0 Å². The number of nitrogens with two attached hydrogens (primary N) is 2. The Bertz CT molecular complexity index is 3430. The van der Waals surface area contributed by atoms with Gasteiger partial charge in [0, 0.05) is 12.1 Å². The first-order valence-corrected chi connectivity index (χ1v) is 60.5. The Morgan fingerprint density at radius 1 is 0.767 bits per heavy atom. The topological polar surface area (TPSA) is 552 Å². The molecule has 17 N–H and O–H groups in total. The van der Waals surface area contributed by atoms with Crippen LogP contribution in [0.2, 0.25) is 0 Å². The smallest absolute Gasteiger partial charge is 0.387 e. The molecule has 0 aliphatic carbocycles. The monoisotopic (exact) mass is 1790 g/mol. The van der Waals surface area contributed by atoms with Crippen LogP contribution >= 0.6 is 136 Å². The molecule has 4 aromatic rings. The van der Waals surface area contributed by atoms with Crippen molar-refractivity contribution in [3.8, 4) is 6.07 Å². The minimum Gasteiger partial charge on any atom is -0.387 e. The minimum absolute atomic E-state index is 0.0483. The quantitative estimate of drug-likeness (QED) is 0.00655. The molecule has 4 aromatic heterocycles. The number of aliphatic hydroxyl groups excluding tert-OH is 5. The summed E-state index contributed by atoms with van der Waals surface area (Å²) in [7, 11) is -7.78. The third-order valence-electron chi connectivity index (χ3n) is 14.1. The number of nitrogens with one attached hydrogen (secondary N) is 2. The van der Waals surface area contributed by atoms with Crippen LogP contribution in [0.4, 0.5) is 20.4 Å². The minimum atomic E-state index is -5.85. The third-order valence-corrected chi connectivity index (χ3v) is 81.5. The van der Waals surface area contributed by atoms with E-state index in [4.69, 9.17) is 54.0 Å². The Kier molecular flexibility index (Phi) is 49.1. The summed E-state index contributed by atoms with van der Waals surface area (Å²) in [5.41, 5.74) is 5.91. The van der Waals surface area contributed by atoms with Gasteiger partial charge in [-0.1, -0.05) is 121 Å². The standard InChI is InChI=1S/C12H15FN5O13P3.C12H12FN5O4.C8H22N2O7P2.2C8H18.H14P12/c13-5-1-6(18-7(5)11(15)16-4-17-18)9-8(19)10(20)12(2-14,29-9)3-28-33(24,25)31-34(26,27)30-32(21,22)23;1-15-12(3-19)10(21)8(20)9(22-12)6-2-5(13)7-11(14)16-4-17-18(6)7;1-3-5-7-9-19(16-12,17-15-11,18(13)14)10-8-6-4-2;2*1-3-5-7-8-6-4-2;1-7-11(6)8-12(9(2)3)10(4)5/h1,4,8-10,19-20H,3H2,(H,24,25)(H,26,27)(H2,15,16,17)(H2,21,22,23);2,4,8-10,19-21H,3H2,(H2,14,16,17);9-12H,3-8H2,1-2H3;2*3-8H2,1-2H3;7-8H,1-6H2/t2*8-,9-,10-,12+;;;;/m00..../s1/i;;;;;8T. The number of unbranched alkanes of at least 4 members (excludes halogenated alkanes) is 12. The van der Waals surface area contributed by atoms with Gasteiger partial charge in [0.1, 0.15) is 66.9 Å². The molecular weight excluding hydrogens is 1690 g/mol. The van der Waals surface area contributed by atoms with E-state index in [1.54, 1.807) is 0 Å². The second-order valence-corrected chi connectivity index (χ2v) is 74.1. The van der Waals surface area contributed by atoms with Crippen molar-refractivity contribution in [2.75, 3.05) is 37.8 Å². The summed E-state index contributed by atoms with van der Waals surface area (Å²) in [6, 6.07) is 3.25. The maximum atomic E-state index is 14.3. The molecule has 594 valence electrons. The normalized spacial score (nSPS) is 22.8. The number of rotatable bonds is 37. The molecule has 103 heavy (non-hydrogen) atoms. The number of phosphoric acid groups is 3. The number of anilines is 2. The molecule has 6 rings (SSSR count). The van der Waals surface area contributed by atoms with Crippen molar-refractivity contribution in [3.63, 3.8) is 0 Å². The number of nitrogen functional groups attached to an aromatic ring is 2. The van der Waals surface area contributed by atoms with Crippen molar-refractivity contribution in [1.29, 1.82) is 6.54 Å². The number of nitrogens with zero attached hydrogens (tertiary/aromatic N) is 8. The van der Waals surface area contributed by atoms with Crippen LogP contribution in [0.25, 0.3) is 15.9 Å². The van der Waals surface area contributed by atoms with Gasteiger partial charge < -0.3 is 61.3 Å². The van der Waals surface area contributed by atoms with E-state index in [9.17, 15) is 67.6 Å². The third kappa shape index (κ3) is 31.8. The van der Waals surface area contributed by atoms with E-state index in [-0.39, 0.29) is 75.1 Å². The van der Waals surface area contributed by atoms with E-state index in [2.05, 4.69) is 144 Å². The second kappa shape index (κ2) is 50.4. The van der Waals surface area contributed by atoms with Gasteiger partial charge in [0.2, 0.25) is 5.60 Å². The SMILES string of the molecule is CCCCCCCC.CCCCCCCC.CCCCNP(NCCCC)(OO)(OOO)[P+](=O)[O-].N#C[C@]1(COP(=O)(O)OP(=O)(O)OP(=O)(O)O)O[C@@H](c2cc(F)c3c(N)ncnn23)[C@H](O)[C@@H]1O.[3H]P(P(P)PP)P(P(P)P)P(P)P.[C-]#[N+][C@]1(CO)O[C@@H](c2cc(F)c3c(N)ncnn23)[C@H](O)[C@@H]1O. The summed E-state index contributed by atoms with van der Waals surface area (Å²) >= 11 is 0. The summed E-state index contributed by atoms with van der Waals surface area (Å²) in [4.78, 5) is 57.6.